The first-order chi connectivity index (χ1) is 14.1. The summed E-state index contributed by atoms with van der Waals surface area (Å²) in [6.45, 7) is 3.14. The zero-order valence-electron chi connectivity index (χ0n) is 16.1. The van der Waals surface area contributed by atoms with Crippen molar-refractivity contribution in [2.75, 3.05) is 17.2 Å². The lowest BCUT2D eigenvalue weighted by molar-refractivity contribution is 0.210. The first-order valence-corrected chi connectivity index (χ1v) is 10.4. The minimum absolute atomic E-state index is 0.341. The largest absolute Gasteiger partial charge is 0.387 e. The minimum atomic E-state index is -0.562. The number of pyridine rings is 1. The van der Waals surface area contributed by atoms with E-state index in [0.717, 1.165) is 27.8 Å². The van der Waals surface area contributed by atoms with Crippen LogP contribution in [0.15, 0.2) is 65.1 Å². The average Bonchev–Trinajstić information content (AvgIpc) is 3.12. The van der Waals surface area contributed by atoms with Gasteiger partial charge in [-0.1, -0.05) is 31.2 Å². The molecule has 29 heavy (non-hydrogen) atoms. The van der Waals surface area contributed by atoms with Crippen LogP contribution >= 0.6 is 15.9 Å². The van der Waals surface area contributed by atoms with E-state index in [9.17, 15) is 5.11 Å². The number of aromatic nitrogens is 4. The number of hydrogen-bond acceptors (Lipinski definition) is 6. The third-order valence-corrected chi connectivity index (χ3v) is 5.53. The van der Waals surface area contributed by atoms with Crippen molar-refractivity contribution in [3.8, 4) is 0 Å². The van der Waals surface area contributed by atoms with E-state index in [2.05, 4.69) is 54.6 Å². The molecular formula is C21H23BrN6O. The number of hydrogen-bond donors (Lipinski definition) is 3. The number of fused-ring (bicyclic) bond motifs is 1. The van der Waals surface area contributed by atoms with Crippen LogP contribution in [0.2, 0.25) is 0 Å². The summed E-state index contributed by atoms with van der Waals surface area (Å²) < 4.78 is 2.55. The van der Waals surface area contributed by atoms with E-state index < -0.39 is 6.10 Å². The van der Waals surface area contributed by atoms with E-state index in [1.54, 1.807) is 16.9 Å². The van der Waals surface area contributed by atoms with Crippen LogP contribution in [-0.4, -0.2) is 37.3 Å². The zero-order chi connectivity index (χ0) is 20.2. The van der Waals surface area contributed by atoms with Gasteiger partial charge in [0.2, 0.25) is 0 Å². The van der Waals surface area contributed by atoms with Gasteiger partial charge < -0.3 is 15.7 Å². The number of allylic oxidation sites excluding steroid dienone is 3. The molecule has 2 unspecified atom stereocenters. The molecule has 3 aromatic heterocycles. The van der Waals surface area contributed by atoms with Gasteiger partial charge in [-0.05, 0) is 45.5 Å². The van der Waals surface area contributed by atoms with Gasteiger partial charge in [0, 0.05) is 31.5 Å². The van der Waals surface area contributed by atoms with Gasteiger partial charge in [0.25, 0.3) is 0 Å². The van der Waals surface area contributed by atoms with Gasteiger partial charge in [-0.25, -0.2) is 4.98 Å². The first kappa shape index (κ1) is 19.6. The minimum Gasteiger partial charge on any atom is -0.387 e. The van der Waals surface area contributed by atoms with Gasteiger partial charge >= 0.3 is 0 Å². The molecule has 0 aliphatic heterocycles. The Balaban J connectivity index is 1.52. The maximum absolute atomic E-state index is 10.6. The summed E-state index contributed by atoms with van der Waals surface area (Å²) in [4.78, 5) is 8.78. The molecule has 0 radical (unpaired) electrons. The van der Waals surface area contributed by atoms with Crippen LogP contribution in [0.25, 0.3) is 5.65 Å². The van der Waals surface area contributed by atoms with Crippen molar-refractivity contribution in [3.05, 3.63) is 70.6 Å². The van der Waals surface area contributed by atoms with Crippen molar-refractivity contribution < 1.29 is 5.11 Å². The second-order valence-corrected chi connectivity index (χ2v) is 7.95. The highest BCUT2D eigenvalue weighted by Gasteiger charge is 2.18. The molecule has 8 heteroatoms. The highest BCUT2D eigenvalue weighted by molar-refractivity contribution is 9.10. The van der Waals surface area contributed by atoms with Crippen LogP contribution in [0.5, 0.6) is 0 Å². The third-order valence-electron chi connectivity index (χ3n) is 4.97. The third kappa shape index (κ3) is 4.49. The Morgan fingerprint density at radius 1 is 1.34 bits per heavy atom. The predicted molar refractivity (Wildman–Crippen MR) is 118 cm³/mol. The Bertz CT molecular complexity index is 1050. The molecular weight excluding hydrogens is 432 g/mol. The Kier molecular flexibility index (Phi) is 5.92. The fraction of sp³-hybridized carbons (Fsp3) is 0.286. The molecule has 2 atom stereocenters. The SMILES string of the molecule is CC1CC=CC=C1C(O)CNc1cc(NCc2cccnc2)n2ncc(Br)c2n1. The summed E-state index contributed by atoms with van der Waals surface area (Å²) >= 11 is 3.50. The van der Waals surface area contributed by atoms with E-state index in [1.165, 1.54) is 0 Å². The maximum atomic E-state index is 10.6. The van der Waals surface area contributed by atoms with E-state index in [4.69, 9.17) is 0 Å². The molecule has 0 saturated carbocycles. The second-order valence-electron chi connectivity index (χ2n) is 7.10. The van der Waals surface area contributed by atoms with Gasteiger partial charge in [0.1, 0.15) is 11.6 Å². The highest BCUT2D eigenvalue weighted by atomic mass is 79.9. The molecule has 0 bridgehead atoms. The number of anilines is 2. The van der Waals surface area contributed by atoms with Gasteiger partial charge in [-0.2, -0.15) is 9.61 Å². The molecule has 1 aliphatic rings. The lowest BCUT2D eigenvalue weighted by Gasteiger charge is -2.23. The smallest absolute Gasteiger partial charge is 0.173 e. The summed E-state index contributed by atoms with van der Waals surface area (Å²) in [5.41, 5.74) is 2.81. The van der Waals surface area contributed by atoms with Crippen molar-refractivity contribution in [3.63, 3.8) is 0 Å². The van der Waals surface area contributed by atoms with Crippen molar-refractivity contribution >= 4 is 33.2 Å². The van der Waals surface area contributed by atoms with E-state index in [-0.39, 0.29) is 0 Å². The molecule has 0 amide bonds. The van der Waals surface area contributed by atoms with Gasteiger partial charge in [-0.15, -0.1) is 0 Å². The molecule has 0 aromatic carbocycles. The highest BCUT2D eigenvalue weighted by Crippen LogP contribution is 2.25. The molecule has 0 saturated heterocycles. The average molecular weight is 455 g/mol. The molecule has 150 valence electrons. The lowest BCUT2D eigenvalue weighted by atomic mass is 9.89. The standard InChI is InChI=1S/C21H23BrN6O/c1-14-5-2-3-7-16(14)18(29)13-24-19-9-20(25-11-15-6-4-8-23-10-15)28-21(27-19)17(22)12-26-28/h2-4,6-10,12,14,18,25,29H,5,11,13H2,1H3,(H,24,27). The Hall–Kier alpha value is -2.71. The summed E-state index contributed by atoms with van der Waals surface area (Å²) in [7, 11) is 0. The first-order valence-electron chi connectivity index (χ1n) is 9.57. The van der Waals surface area contributed by atoms with Gasteiger partial charge in [0.15, 0.2) is 5.65 Å². The van der Waals surface area contributed by atoms with Crippen molar-refractivity contribution in [2.45, 2.75) is 26.0 Å². The topological polar surface area (TPSA) is 87.4 Å². The van der Waals surface area contributed by atoms with E-state index in [0.29, 0.717) is 30.5 Å². The molecule has 3 heterocycles. The number of nitrogens with one attached hydrogen (secondary N) is 2. The van der Waals surface area contributed by atoms with Crippen LogP contribution in [0.4, 0.5) is 11.6 Å². The predicted octanol–water partition coefficient (Wildman–Crippen LogP) is 3.79. The normalized spacial score (nSPS) is 17.2. The van der Waals surface area contributed by atoms with Crippen molar-refractivity contribution in [2.24, 2.45) is 5.92 Å². The van der Waals surface area contributed by atoms with Crippen LogP contribution in [-0.2, 0) is 6.54 Å². The van der Waals surface area contributed by atoms with Gasteiger partial charge in [-0.3, -0.25) is 4.98 Å². The van der Waals surface area contributed by atoms with E-state index in [1.807, 2.05) is 36.5 Å². The molecule has 3 aromatic rings. The lowest BCUT2D eigenvalue weighted by Crippen LogP contribution is -2.26. The summed E-state index contributed by atoms with van der Waals surface area (Å²) in [6, 6.07) is 5.82. The van der Waals surface area contributed by atoms with Crippen molar-refractivity contribution in [1.82, 2.24) is 19.6 Å². The molecule has 3 N–H and O–H groups in total. The fourth-order valence-electron chi connectivity index (χ4n) is 3.37. The molecule has 1 aliphatic carbocycles. The Morgan fingerprint density at radius 3 is 3.03 bits per heavy atom. The summed E-state index contributed by atoms with van der Waals surface area (Å²) in [5, 5.41) is 21.7. The number of nitrogens with zero attached hydrogens (tertiary/aromatic N) is 4. The van der Waals surface area contributed by atoms with Crippen LogP contribution in [0, 0.1) is 5.92 Å². The molecule has 7 nitrogen and oxygen atoms in total. The van der Waals surface area contributed by atoms with Crippen LogP contribution in [0.1, 0.15) is 18.9 Å². The summed E-state index contributed by atoms with van der Waals surface area (Å²) in [5.74, 6) is 1.81. The quantitative estimate of drug-likeness (QED) is 0.503. The Morgan fingerprint density at radius 2 is 2.24 bits per heavy atom. The monoisotopic (exact) mass is 454 g/mol. The number of aliphatic hydroxyl groups is 1. The number of halogens is 1. The van der Waals surface area contributed by atoms with Crippen molar-refractivity contribution in [1.29, 1.82) is 0 Å². The molecule has 0 spiro atoms. The number of rotatable bonds is 7. The number of aliphatic hydroxyl groups excluding tert-OH is 1. The zero-order valence-corrected chi connectivity index (χ0v) is 17.7. The summed E-state index contributed by atoms with van der Waals surface area (Å²) in [6.07, 6.45) is 11.8. The second kappa shape index (κ2) is 8.75. The molecule has 0 fully saturated rings. The maximum Gasteiger partial charge on any atom is 0.173 e. The van der Waals surface area contributed by atoms with Crippen LogP contribution < -0.4 is 10.6 Å². The van der Waals surface area contributed by atoms with Crippen LogP contribution in [0.3, 0.4) is 0 Å². The Labute approximate surface area is 177 Å². The van der Waals surface area contributed by atoms with Gasteiger partial charge in [0.05, 0.1) is 16.8 Å². The molecule has 4 rings (SSSR count). The van der Waals surface area contributed by atoms with E-state index >= 15 is 0 Å². The fourth-order valence-corrected chi connectivity index (χ4v) is 3.72.